The number of nitrogens with zero attached hydrogens (tertiary/aromatic N) is 2. The summed E-state index contributed by atoms with van der Waals surface area (Å²) < 4.78 is 2.32. The van der Waals surface area contributed by atoms with Gasteiger partial charge in [-0.15, -0.1) is 0 Å². The van der Waals surface area contributed by atoms with E-state index in [4.69, 9.17) is 0 Å². The molecule has 1 aliphatic heterocycles. The molecule has 0 amide bonds. The van der Waals surface area contributed by atoms with Crippen molar-refractivity contribution in [2.75, 3.05) is 13.1 Å². The Morgan fingerprint density at radius 1 is 1.62 bits per heavy atom. The third kappa shape index (κ3) is 1.61. The van der Waals surface area contributed by atoms with Crippen molar-refractivity contribution in [3.8, 4) is 0 Å². The van der Waals surface area contributed by atoms with Crippen LogP contribution in [0.25, 0.3) is 0 Å². The first-order valence-electron chi connectivity index (χ1n) is 5.01. The summed E-state index contributed by atoms with van der Waals surface area (Å²) in [6.07, 6.45) is 5.19. The minimum Gasteiger partial charge on any atom is -0.330 e. The molecule has 2 rings (SSSR count). The number of hydrogen-bond donors (Lipinski definition) is 1. The lowest BCUT2D eigenvalue weighted by atomic mass is 10.1. The molecule has 0 radical (unpaired) electrons. The van der Waals surface area contributed by atoms with Crippen molar-refractivity contribution in [2.45, 2.75) is 32.2 Å². The van der Waals surface area contributed by atoms with Gasteiger partial charge in [-0.1, -0.05) is 13.8 Å². The lowest BCUT2D eigenvalue weighted by Crippen LogP contribution is -2.15. The van der Waals surface area contributed by atoms with Crippen LogP contribution in [-0.2, 0) is 0 Å². The summed E-state index contributed by atoms with van der Waals surface area (Å²) in [6, 6.07) is 0.625. The zero-order chi connectivity index (χ0) is 9.26. The fourth-order valence-corrected chi connectivity index (χ4v) is 1.94. The second-order valence-electron chi connectivity index (χ2n) is 4.03. The van der Waals surface area contributed by atoms with Gasteiger partial charge in [0.2, 0.25) is 0 Å². The van der Waals surface area contributed by atoms with Gasteiger partial charge in [-0.3, -0.25) is 0 Å². The lowest BCUT2D eigenvalue weighted by Gasteiger charge is -2.16. The lowest BCUT2D eigenvalue weighted by molar-refractivity contribution is 0.516. The molecule has 1 fully saturated rings. The van der Waals surface area contributed by atoms with E-state index in [0.29, 0.717) is 12.0 Å². The molecule has 0 bridgehead atoms. The fourth-order valence-electron chi connectivity index (χ4n) is 1.94. The van der Waals surface area contributed by atoms with Crippen molar-refractivity contribution in [1.29, 1.82) is 0 Å². The minimum absolute atomic E-state index is 0.572. The van der Waals surface area contributed by atoms with Crippen LogP contribution >= 0.6 is 0 Å². The highest BCUT2D eigenvalue weighted by molar-refractivity contribution is 5.06. The zero-order valence-electron chi connectivity index (χ0n) is 8.33. The van der Waals surface area contributed by atoms with Gasteiger partial charge in [0, 0.05) is 24.5 Å². The van der Waals surface area contributed by atoms with E-state index >= 15 is 0 Å². The van der Waals surface area contributed by atoms with Gasteiger partial charge in [0.05, 0.1) is 6.33 Å². The standard InChI is InChI=1S/C10H17N3/c1-8(2)10-6-12-7-13(10)9-3-4-11-5-9/h6-9,11H,3-5H2,1-2H3. The second-order valence-corrected chi connectivity index (χ2v) is 4.03. The number of imidazole rings is 1. The molecule has 3 heteroatoms. The molecule has 3 nitrogen and oxygen atoms in total. The maximum Gasteiger partial charge on any atom is 0.0951 e. The third-order valence-electron chi connectivity index (χ3n) is 2.72. The molecule has 1 aromatic rings. The zero-order valence-corrected chi connectivity index (χ0v) is 8.33. The van der Waals surface area contributed by atoms with E-state index in [1.54, 1.807) is 0 Å². The first kappa shape index (κ1) is 8.75. The Kier molecular flexibility index (Phi) is 2.36. The molecule has 72 valence electrons. The summed E-state index contributed by atoms with van der Waals surface area (Å²) in [5.74, 6) is 0.572. The highest BCUT2D eigenvalue weighted by atomic mass is 15.1. The first-order chi connectivity index (χ1) is 6.29. The molecule has 0 aromatic carbocycles. The van der Waals surface area contributed by atoms with Crippen molar-refractivity contribution in [3.63, 3.8) is 0 Å². The topological polar surface area (TPSA) is 29.9 Å². The van der Waals surface area contributed by atoms with Crippen molar-refractivity contribution in [2.24, 2.45) is 0 Å². The summed E-state index contributed by atoms with van der Waals surface area (Å²) in [6.45, 7) is 6.67. The summed E-state index contributed by atoms with van der Waals surface area (Å²) in [5.41, 5.74) is 1.36. The van der Waals surface area contributed by atoms with Gasteiger partial charge in [0.25, 0.3) is 0 Å². The van der Waals surface area contributed by atoms with Crippen LogP contribution in [0.1, 0.15) is 37.9 Å². The summed E-state index contributed by atoms with van der Waals surface area (Å²) in [5, 5.41) is 3.38. The Bertz CT molecular complexity index is 271. The van der Waals surface area contributed by atoms with Crippen LogP contribution in [-0.4, -0.2) is 22.6 Å². The minimum atomic E-state index is 0.572. The molecule has 1 N–H and O–H groups in total. The number of hydrogen-bond acceptors (Lipinski definition) is 2. The fraction of sp³-hybridized carbons (Fsp3) is 0.700. The van der Waals surface area contributed by atoms with Crippen LogP contribution in [0.2, 0.25) is 0 Å². The van der Waals surface area contributed by atoms with Gasteiger partial charge in [-0.05, 0) is 18.9 Å². The first-order valence-corrected chi connectivity index (χ1v) is 5.01. The maximum atomic E-state index is 4.22. The molecule has 1 aliphatic rings. The summed E-state index contributed by atoms with van der Waals surface area (Å²) in [4.78, 5) is 4.22. The summed E-state index contributed by atoms with van der Waals surface area (Å²) in [7, 11) is 0. The molecule has 1 aromatic heterocycles. The molecule has 13 heavy (non-hydrogen) atoms. The van der Waals surface area contributed by atoms with Crippen LogP contribution in [0.5, 0.6) is 0 Å². The summed E-state index contributed by atoms with van der Waals surface area (Å²) >= 11 is 0. The quantitative estimate of drug-likeness (QED) is 0.746. The SMILES string of the molecule is CC(C)c1cncn1C1CCNC1. The van der Waals surface area contributed by atoms with Gasteiger partial charge < -0.3 is 9.88 Å². The highest BCUT2D eigenvalue weighted by Crippen LogP contribution is 2.21. The second kappa shape index (κ2) is 3.50. The number of nitrogens with one attached hydrogen (secondary N) is 1. The van der Waals surface area contributed by atoms with Crippen LogP contribution < -0.4 is 5.32 Å². The van der Waals surface area contributed by atoms with E-state index in [1.165, 1.54) is 12.1 Å². The predicted octanol–water partition coefficient (Wildman–Crippen LogP) is 1.54. The van der Waals surface area contributed by atoms with Crippen molar-refractivity contribution >= 4 is 0 Å². The Morgan fingerprint density at radius 2 is 2.46 bits per heavy atom. The van der Waals surface area contributed by atoms with Gasteiger partial charge in [0.1, 0.15) is 0 Å². The van der Waals surface area contributed by atoms with Crippen molar-refractivity contribution in [3.05, 3.63) is 18.2 Å². The largest absolute Gasteiger partial charge is 0.330 e. The van der Waals surface area contributed by atoms with E-state index < -0.39 is 0 Å². The average molecular weight is 179 g/mol. The van der Waals surface area contributed by atoms with Gasteiger partial charge in [0.15, 0.2) is 0 Å². The molecule has 0 aliphatic carbocycles. The average Bonchev–Trinajstić information content (AvgIpc) is 2.74. The molecular formula is C10H17N3. The van der Waals surface area contributed by atoms with Crippen molar-refractivity contribution < 1.29 is 0 Å². The van der Waals surface area contributed by atoms with Crippen LogP contribution in [0.15, 0.2) is 12.5 Å². The van der Waals surface area contributed by atoms with Crippen LogP contribution in [0, 0.1) is 0 Å². The van der Waals surface area contributed by atoms with E-state index in [9.17, 15) is 0 Å². The normalized spacial score (nSPS) is 22.8. The van der Waals surface area contributed by atoms with E-state index in [1.807, 2.05) is 12.5 Å². The van der Waals surface area contributed by atoms with E-state index in [2.05, 4.69) is 28.7 Å². The molecule has 1 atom stereocenters. The predicted molar refractivity (Wildman–Crippen MR) is 52.8 cm³/mol. The molecule has 0 spiro atoms. The Morgan fingerprint density at radius 3 is 3.08 bits per heavy atom. The van der Waals surface area contributed by atoms with E-state index in [-0.39, 0.29) is 0 Å². The Balaban J connectivity index is 2.23. The van der Waals surface area contributed by atoms with E-state index in [0.717, 1.165) is 13.1 Å². The molecule has 1 saturated heterocycles. The molecule has 2 heterocycles. The number of aromatic nitrogens is 2. The number of rotatable bonds is 2. The van der Waals surface area contributed by atoms with Gasteiger partial charge in [-0.25, -0.2) is 4.98 Å². The van der Waals surface area contributed by atoms with Crippen LogP contribution in [0.4, 0.5) is 0 Å². The maximum absolute atomic E-state index is 4.22. The Labute approximate surface area is 79.2 Å². The smallest absolute Gasteiger partial charge is 0.0951 e. The van der Waals surface area contributed by atoms with Crippen LogP contribution in [0.3, 0.4) is 0 Å². The monoisotopic (exact) mass is 179 g/mol. The molecular weight excluding hydrogens is 162 g/mol. The Hall–Kier alpha value is -0.830. The highest BCUT2D eigenvalue weighted by Gasteiger charge is 2.19. The van der Waals surface area contributed by atoms with Gasteiger partial charge in [-0.2, -0.15) is 0 Å². The third-order valence-corrected chi connectivity index (χ3v) is 2.72. The van der Waals surface area contributed by atoms with Gasteiger partial charge >= 0.3 is 0 Å². The van der Waals surface area contributed by atoms with Crippen molar-refractivity contribution in [1.82, 2.24) is 14.9 Å². The molecule has 0 saturated carbocycles. The molecule has 1 unspecified atom stereocenters.